The molecule has 0 saturated carbocycles. The maximum absolute atomic E-state index is 2.31. The summed E-state index contributed by atoms with van der Waals surface area (Å²) in [5.74, 6) is 0.554. The van der Waals surface area contributed by atoms with Crippen molar-refractivity contribution in [1.29, 1.82) is 0 Å². The lowest BCUT2D eigenvalue weighted by Crippen LogP contribution is -2.05. The minimum Gasteiger partial charge on any atom is -0.0625 e. The van der Waals surface area contributed by atoms with Crippen LogP contribution in [0.15, 0.2) is 42.0 Å². The van der Waals surface area contributed by atoms with E-state index >= 15 is 0 Å². The Kier molecular flexibility index (Phi) is 1.94. The van der Waals surface area contributed by atoms with Gasteiger partial charge in [0.15, 0.2) is 0 Å². The van der Waals surface area contributed by atoms with Gasteiger partial charge < -0.3 is 0 Å². The van der Waals surface area contributed by atoms with E-state index in [1.165, 1.54) is 33.0 Å². The predicted molar refractivity (Wildman–Crippen MR) is 70.6 cm³/mol. The SMILES string of the molecule is CC1=C(C)C(C)c2cccc3cccc1c23. The molecule has 0 N–H and O–H groups in total. The second kappa shape index (κ2) is 3.21. The Balaban J connectivity index is 2.52. The molecule has 16 heavy (non-hydrogen) atoms. The van der Waals surface area contributed by atoms with Crippen LogP contribution in [0, 0.1) is 0 Å². The van der Waals surface area contributed by atoms with Crippen molar-refractivity contribution in [2.24, 2.45) is 0 Å². The molecule has 80 valence electrons. The number of rotatable bonds is 0. The molecule has 0 aromatic heterocycles. The summed E-state index contributed by atoms with van der Waals surface area (Å²) in [6, 6.07) is 13.3. The highest BCUT2D eigenvalue weighted by molar-refractivity contribution is 5.99. The van der Waals surface area contributed by atoms with Gasteiger partial charge in [-0.15, -0.1) is 0 Å². The van der Waals surface area contributed by atoms with E-state index in [-0.39, 0.29) is 0 Å². The highest BCUT2D eigenvalue weighted by Crippen LogP contribution is 2.42. The molecular formula is C16H16. The maximum atomic E-state index is 2.31. The van der Waals surface area contributed by atoms with Gasteiger partial charge in [-0.1, -0.05) is 48.9 Å². The standard InChI is InChI=1S/C16H16/c1-10-11(2)14-8-4-6-13-7-5-9-15(12(10)3)16(13)14/h4-9,11H,1-3H3. The van der Waals surface area contributed by atoms with Crippen molar-refractivity contribution in [1.82, 2.24) is 0 Å². The van der Waals surface area contributed by atoms with Crippen molar-refractivity contribution in [3.8, 4) is 0 Å². The minimum absolute atomic E-state index is 0.554. The van der Waals surface area contributed by atoms with Crippen molar-refractivity contribution < 1.29 is 0 Å². The van der Waals surface area contributed by atoms with Crippen molar-refractivity contribution in [2.75, 3.05) is 0 Å². The van der Waals surface area contributed by atoms with Gasteiger partial charge in [-0.2, -0.15) is 0 Å². The summed E-state index contributed by atoms with van der Waals surface area (Å²) in [7, 11) is 0. The Bertz CT molecular complexity index is 597. The molecule has 1 atom stereocenters. The van der Waals surface area contributed by atoms with E-state index in [0.29, 0.717) is 5.92 Å². The van der Waals surface area contributed by atoms with Gasteiger partial charge in [0.2, 0.25) is 0 Å². The van der Waals surface area contributed by atoms with Crippen molar-refractivity contribution in [2.45, 2.75) is 26.7 Å². The third-order valence-corrected chi connectivity index (χ3v) is 4.05. The van der Waals surface area contributed by atoms with Crippen LogP contribution in [0.4, 0.5) is 0 Å². The van der Waals surface area contributed by atoms with Crippen LogP contribution in [0.2, 0.25) is 0 Å². The van der Waals surface area contributed by atoms with E-state index in [0.717, 1.165) is 0 Å². The zero-order valence-corrected chi connectivity index (χ0v) is 10.0. The molecule has 2 aromatic rings. The Morgan fingerprint density at radius 3 is 2.38 bits per heavy atom. The molecule has 0 heteroatoms. The highest BCUT2D eigenvalue weighted by atomic mass is 14.2. The zero-order valence-electron chi connectivity index (χ0n) is 10.0. The smallest absolute Gasteiger partial charge is 0.00293 e. The van der Waals surface area contributed by atoms with Crippen LogP contribution in [0.3, 0.4) is 0 Å². The lowest BCUT2D eigenvalue weighted by Gasteiger charge is -2.25. The topological polar surface area (TPSA) is 0 Å². The monoisotopic (exact) mass is 208 g/mol. The van der Waals surface area contributed by atoms with Crippen molar-refractivity contribution in [3.05, 3.63) is 53.1 Å². The first-order valence-electron chi connectivity index (χ1n) is 5.89. The van der Waals surface area contributed by atoms with E-state index in [9.17, 15) is 0 Å². The highest BCUT2D eigenvalue weighted by Gasteiger charge is 2.21. The van der Waals surface area contributed by atoms with Gasteiger partial charge in [0, 0.05) is 5.92 Å². The zero-order chi connectivity index (χ0) is 11.3. The van der Waals surface area contributed by atoms with Crippen LogP contribution in [-0.2, 0) is 0 Å². The summed E-state index contributed by atoms with van der Waals surface area (Å²) in [5.41, 5.74) is 5.86. The molecule has 1 aliphatic rings. The van der Waals surface area contributed by atoms with Crippen LogP contribution in [0.1, 0.15) is 37.8 Å². The predicted octanol–water partition coefficient (Wildman–Crippen LogP) is 4.75. The fourth-order valence-electron chi connectivity index (χ4n) is 2.81. The molecule has 3 rings (SSSR count). The molecule has 0 aliphatic heterocycles. The number of benzene rings is 2. The van der Waals surface area contributed by atoms with E-state index in [2.05, 4.69) is 57.2 Å². The second-order valence-corrected chi connectivity index (χ2v) is 4.78. The Labute approximate surface area is 96.6 Å². The maximum Gasteiger partial charge on any atom is 0.00293 e. The Morgan fingerprint density at radius 2 is 1.62 bits per heavy atom. The van der Waals surface area contributed by atoms with Gasteiger partial charge in [-0.25, -0.2) is 0 Å². The molecule has 1 unspecified atom stereocenters. The van der Waals surface area contributed by atoms with Gasteiger partial charge >= 0.3 is 0 Å². The van der Waals surface area contributed by atoms with Crippen molar-refractivity contribution in [3.63, 3.8) is 0 Å². The molecule has 0 saturated heterocycles. The Morgan fingerprint density at radius 1 is 0.938 bits per heavy atom. The van der Waals surface area contributed by atoms with Gasteiger partial charge in [-0.05, 0) is 41.3 Å². The molecule has 0 bridgehead atoms. The third kappa shape index (κ3) is 1.10. The lowest BCUT2D eigenvalue weighted by molar-refractivity contribution is 0.897. The number of hydrogen-bond acceptors (Lipinski definition) is 0. The largest absolute Gasteiger partial charge is 0.0625 e. The third-order valence-electron chi connectivity index (χ3n) is 4.05. The summed E-state index contributed by atoms with van der Waals surface area (Å²) in [5, 5.41) is 2.83. The van der Waals surface area contributed by atoms with Gasteiger partial charge in [0.05, 0.1) is 0 Å². The summed E-state index contributed by atoms with van der Waals surface area (Å²) < 4.78 is 0. The summed E-state index contributed by atoms with van der Waals surface area (Å²) in [4.78, 5) is 0. The van der Waals surface area contributed by atoms with E-state index in [1.807, 2.05) is 0 Å². The first-order chi connectivity index (χ1) is 7.70. The van der Waals surface area contributed by atoms with E-state index in [1.54, 1.807) is 0 Å². The van der Waals surface area contributed by atoms with Gasteiger partial charge in [-0.3, -0.25) is 0 Å². The van der Waals surface area contributed by atoms with Crippen LogP contribution < -0.4 is 0 Å². The molecule has 0 fully saturated rings. The Hall–Kier alpha value is -1.56. The summed E-state index contributed by atoms with van der Waals surface area (Å²) in [6.45, 7) is 6.81. The summed E-state index contributed by atoms with van der Waals surface area (Å²) in [6.07, 6.45) is 0. The number of allylic oxidation sites excluding steroid dienone is 2. The molecule has 0 radical (unpaired) electrons. The van der Waals surface area contributed by atoms with Crippen molar-refractivity contribution >= 4 is 16.3 Å². The average Bonchev–Trinajstić information content (AvgIpc) is 2.33. The molecule has 0 nitrogen and oxygen atoms in total. The normalized spacial score (nSPS) is 19.3. The number of hydrogen-bond donors (Lipinski definition) is 0. The average molecular weight is 208 g/mol. The van der Waals surface area contributed by atoms with E-state index < -0.39 is 0 Å². The van der Waals surface area contributed by atoms with Crippen LogP contribution in [0.25, 0.3) is 16.3 Å². The molecule has 0 amide bonds. The van der Waals surface area contributed by atoms with Crippen LogP contribution in [0.5, 0.6) is 0 Å². The quantitative estimate of drug-likeness (QED) is 0.586. The first kappa shape index (κ1) is 9.65. The molecule has 2 aromatic carbocycles. The molecule has 1 aliphatic carbocycles. The second-order valence-electron chi connectivity index (χ2n) is 4.78. The van der Waals surface area contributed by atoms with E-state index in [4.69, 9.17) is 0 Å². The fourth-order valence-corrected chi connectivity index (χ4v) is 2.81. The molecule has 0 spiro atoms. The lowest BCUT2D eigenvalue weighted by atomic mass is 9.79. The van der Waals surface area contributed by atoms with Gasteiger partial charge in [0.1, 0.15) is 0 Å². The fraction of sp³-hybridized carbons (Fsp3) is 0.250. The first-order valence-corrected chi connectivity index (χ1v) is 5.89. The summed E-state index contributed by atoms with van der Waals surface area (Å²) >= 11 is 0. The molecule has 0 heterocycles. The van der Waals surface area contributed by atoms with Gasteiger partial charge in [0.25, 0.3) is 0 Å². The molecular weight excluding hydrogens is 192 g/mol. The minimum atomic E-state index is 0.554. The van der Waals surface area contributed by atoms with Crippen LogP contribution in [-0.4, -0.2) is 0 Å². The van der Waals surface area contributed by atoms with Crippen LogP contribution >= 0.6 is 0 Å².